The predicted molar refractivity (Wildman–Crippen MR) is 72.3 cm³/mol. The van der Waals surface area contributed by atoms with Gasteiger partial charge in [0.05, 0.1) is 0 Å². The molecule has 0 atom stereocenters. The molecular weight excluding hydrogens is 232 g/mol. The molecule has 1 aliphatic carbocycles. The van der Waals surface area contributed by atoms with E-state index in [0.717, 1.165) is 30.5 Å². The van der Waals surface area contributed by atoms with Crippen LogP contribution < -0.4 is 11.1 Å². The van der Waals surface area contributed by atoms with Crippen molar-refractivity contribution >= 4 is 16.7 Å². The summed E-state index contributed by atoms with van der Waals surface area (Å²) in [7, 11) is 0. The Bertz CT molecular complexity index is 344. The highest BCUT2D eigenvalue weighted by molar-refractivity contribution is 7.09. The highest BCUT2D eigenvalue weighted by Gasteiger charge is 2.30. The molecule has 96 valence electrons. The first-order chi connectivity index (χ1) is 8.28. The first kappa shape index (κ1) is 12.8. The lowest BCUT2D eigenvalue weighted by Gasteiger charge is -2.36. The molecule has 5 heteroatoms. The van der Waals surface area contributed by atoms with Crippen molar-refractivity contribution in [3.63, 3.8) is 0 Å². The molecule has 0 aromatic carbocycles. The van der Waals surface area contributed by atoms with Crippen molar-refractivity contribution in [2.45, 2.75) is 45.4 Å². The standard InChI is InChI=1S/C12H22N4S/c1-2-10-15-11(17-16-10)14-9-12(8-13)6-4-3-5-7-12/h2-9,13H2,1H3,(H,14,15,16). The second-order valence-electron chi connectivity index (χ2n) is 4.99. The number of hydrogen-bond donors (Lipinski definition) is 2. The van der Waals surface area contributed by atoms with Crippen LogP contribution in [0.4, 0.5) is 5.13 Å². The van der Waals surface area contributed by atoms with Gasteiger partial charge in [-0.05, 0) is 24.8 Å². The lowest BCUT2D eigenvalue weighted by Crippen LogP contribution is -2.39. The molecule has 0 aliphatic heterocycles. The Kier molecular flexibility index (Phi) is 4.34. The van der Waals surface area contributed by atoms with Gasteiger partial charge in [0.15, 0.2) is 0 Å². The Morgan fingerprint density at radius 1 is 1.35 bits per heavy atom. The summed E-state index contributed by atoms with van der Waals surface area (Å²) in [6.45, 7) is 3.80. The molecule has 0 saturated heterocycles. The van der Waals surface area contributed by atoms with Crippen LogP contribution >= 0.6 is 11.5 Å². The van der Waals surface area contributed by atoms with E-state index < -0.39 is 0 Å². The SMILES string of the molecule is CCc1nsc(NCC2(CN)CCCCC2)n1. The lowest BCUT2D eigenvalue weighted by atomic mass is 9.74. The largest absolute Gasteiger partial charge is 0.360 e. The van der Waals surface area contributed by atoms with Crippen LogP contribution in [0.25, 0.3) is 0 Å². The molecule has 0 amide bonds. The van der Waals surface area contributed by atoms with Gasteiger partial charge < -0.3 is 11.1 Å². The molecule has 2 rings (SSSR count). The summed E-state index contributed by atoms with van der Waals surface area (Å²) < 4.78 is 4.28. The van der Waals surface area contributed by atoms with Gasteiger partial charge in [-0.25, -0.2) is 4.98 Å². The van der Waals surface area contributed by atoms with Crippen LogP contribution in [0.5, 0.6) is 0 Å². The van der Waals surface area contributed by atoms with E-state index >= 15 is 0 Å². The molecule has 1 aliphatic rings. The normalized spacial score (nSPS) is 19.2. The number of aryl methyl sites for hydroxylation is 1. The highest BCUT2D eigenvalue weighted by Crippen LogP contribution is 2.35. The zero-order valence-corrected chi connectivity index (χ0v) is 11.4. The first-order valence-electron chi connectivity index (χ1n) is 6.54. The van der Waals surface area contributed by atoms with E-state index in [0.29, 0.717) is 0 Å². The highest BCUT2D eigenvalue weighted by atomic mass is 32.1. The molecule has 1 aromatic rings. The fraction of sp³-hybridized carbons (Fsp3) is 0.833. The molecule has 17 heavy (non-hydrogen) atoms. The number of anilines is 1. The Balaban J connectivity index is 1.90. The maximum atomic E-state index is 5.96. The van der Waals surface area contributed by atoms with E-state index in [-0.39, 0.29) is 5.41 Å². The van der Waals surface area contributed by atoms with E-state index in [4.69, 9.17) is 5.73 Å². The summed E-state index contributed by atoms with van der Waals surface area (Å²) in [5.74, 6) is 0.933. The smallest absolute Gasteiger partial charge is 0.202 e. The third-order valence-electron chi connectivity index (χ3n) is 3.75. The first-order valence-corrected chi connectivity index (χ1v) is 7.32. The van der Waals surface area contributed by atoms with Crippen molar-refractivity contribution in [1.29, 1.82) is 0 Å². The van der Waals surface area contributed by atoms with Crippen LogP contribution in [0, 0.1) is 5.41 Å². The van der Waals surface area contributed by atoms with E-state index in [1.54, 1.807) is 0 Å². The summed E-state index contributed by atoms with van der Waals surface area (Å²) in [4.78, 5) is 4.43. The van der Waals surface area contributed by atoms with Gasteiger partial charge in [0, 0.05) is 24.5 Å². The number of nitrogens with one attached hydrogen (secondary N) is 1. The topological polar surface area (TPSA) is 63.8 Å². The lowest BCUT2D eigenvalue weighted by molar-refractivity contribution is 0.215. The van der Waals surface area contributed by atoms with Crippen molar-refractivity contribution in [3.05, 3.63) is 5.82 Å². The molecule has 0 spiro atoms. The minimum atomic E-state index is 0.288. The maximum Gasteiger partial charge on any atom is 0.202 e. The third-order valence-corrected chi connectivity index (χ3v) is 4.46. The van der Waals surface area contributed by atoms with Crippen molar-refractivity contribution < 1.29 is 0 Å². The predicted octanol–water partition coefficient (Wildman–Crippen LogP) is 2.42. The van der Waals surface area contributed by atoms with E-state index in [1.165, 1.54) is 43.6 Å². The number of hydrogen-bond acceptors (Lipinski definition) is 5. The van der Waals surface area contributed by atoms with Crippen LogP contribution in [-0.4, -0.2) is 22.4 Å². The van der Waals surface area contributed by atoms with E-state index in [9.17, 15) is 0 Å². The molecule has 1 heterocycles. The van der Waals surface area contributed by atoms with Crippen molar-refractivity contribution in [2.75, 3.05) is 18.4 Å². The fourth-order valence-electron chi connectivity index (χ4n) is 2.49. The molecular formula is C12H22N4S. The van der Waals surface area contributed by atoms with E-state index in [1.807, 2.05) is 0 Å². The Morgan fingerprint density at radius 2 is 2.12 bits per heavy atom. The summed E-state index contributed by atoms with van der Waals surface area (Å²) in [6, 6.07) is 0. The summed E-state index contributed by atoms with van der Waals surface area (Å²) in [5, 5.41) is 4.37. The zero-order valence-electron chi connectivity index (χ0n) is 10.5. The van der Waals surface area contributed by atoms with Crippen LogP contribution in [0.1, 0.15) is 44.9 Å². The van der Waals surface area contributed by atoms with Gasteiger partial charge in [-0.1, -0.05) is 26.2 Å². The molecule has 1 aromatic heterocycles. The van der Waals surface area contributed by atoms with Gasteiger partial charge in [0.25, 0.3) is 0 Å². The summed E-state index contributed by atoms with van der Waals surface area (Å²) in [6.07, 6.45) is 7.39. The second-order valence-corrected chi connectivity index (χ2v) is 5.74. The minimum Gasteiger partial charge on any atom is -0.360 e. The van der Waals surface area contributed by atoms with Gasteiger partial charge in [0.1, 0.15) is 5.82 Å². The number of nitrogens with two attached hydrogens (primary N) is 1. The number of rotatable bonds is 5. The maximum absolute atomic E-state index is 5.96. The van der Waals surface area contributed by atoms with Crippen LogP contribution in [0.15, 0.2) is 0 Å². The van der Waals surface area contributed by atoms with Crippen molar-refractivity contribution in [1.82, 2.24) is 9.36 Å². The van der Waals surface area contributed by atoms with Crippen LogP contribution in [0.2, 0.25) is 0 Å². The molecule has 0 radical (unpaired) electrons. The number of nitrogens with zero attached hydrogens (tertiary/aromatic N) is 2. The second kappa shape index (κ2) is 5.78. The van der Waals surface area contributed by atoms with Crippen LogP contribution in [0.3, 0.4) is 0 Å². The molecule has 1 saturated carbocycles. The van der Waals surface area contributed by atoms with Crippen molar-refractivity contribution in [2.24, 2.45) is 11.1 Å². The fourth-order valence-corrected chi connectivity index (χ4v) is 3.13. The van der Waals surface area contributed by atoms with Gasteiger partial charge in [-0.2, -0.15) is 4.37 Å². The molecule has 0 unspecified atom stereocenters. The van der Waals surface area contributed by atoms with Crippen molar-refractivity contribution in [3.8, 4) is 0 Å². The molecule has 3 N–H and O–H groups in total. The Hall–Kier alpha value is -0.680. The van der Waals surface area contributed by atoms with Gasteiger partial charge in [-0.15, -0.1) is 0 Å². The average Bonchev–Trinajstić information content (AvgIpc) is 2.85. The molecule has 4 nitrogen and oxygen atoms in total. The quantitative estimate of drug-likeness (QED) is 0.847. The van der Waals surface area contributed by atoms with Crippen LogP contribution in [-0.2, 0) is 6.42 Å². The number of aromatic nitrogens is 2. The van der Waals surface area contributed by atoms with Gasteiger partial charge >= 0.3 is 0 Å². The van der Waals surface area contributed by atoms with E-state index in [2.05, 4.69) is 21.6 Å². The molecule has 0 bridgehead atoms. The summed E-state index contributed by atoms with van der Waals surface area (Å²) >= 11 is 1.46. The molecule has 1 fully saturated rings. The summed E-state index contributed by atoms with van der Waals surface area (Å²) in [5.41, 5.74) is 6.25. The zero-order chi connectivity index (χ0) is 12.1. The average molecular weight is 254 g/mol. The van der Waals surface area contributed by atoms with Gasteiger partial charge in [-0.3, -0.25) is 0 Å². The Morgan fingerprint density at radius 3 is 2.71 bits per heavy atom. The Labute approximate surface area is 107 Å². The monoisotopic (exact) mass is 254 g/mol. The van der Waals surface area contributed by atoms with Gasteiger partial charge in [0.2, 0.25) is 5.13 Å². The minimum absolute atomic E-state index is 0.288. The third kappa shape index (κ3) is 3.16.